The van der Waals surface area contributed by atoms with E-state index >= 15 is 0 Å². The maximum atomic E-state index is 5.19. The van der Waals surface area contributed by atoms with E-state index in [9.17, 15) is 0 Å². The Hall–Kier alpha value is 0.660. The molecule has 3 aliphatic carbocycles. The number of hydrogen-bond acceptors (Lipinski definition) is 3. The van der Waals surface area contributed by atoms with Crippen molar-refractivity contribution in [3.63, 3.8) is 0 Å². The average Bonchev–Trinajstić information content (AvgIpc) is 2.72. The van der Waals surface area contributed by atoms with Crippen molar-refractivity contribution in [1.29, 1.82) is 0 Å². The first-order valence-electron chi connectivity index (χ1n) is 6.63. The number of thiol groups is 2. The average molecular weight is 255 g/mol. The second-order valence-corrected chi connectivity index (χ2v) is 8.43. The molecule has 5 unspecified atom stereocenters. The monoisotopic (exact) mass is 255 g/mol. The minimum atomic E-state index is 0.312. The summed E-state index contributed by atoms with van der Waals surface area (Å²) in [6.07, 6.45) is 2.66. The highest BCUT2D eigenvalue weighted by Crippen LogP contribution is 2.77. The molecule has 1 saturated heterocycles. The first-order chi connectivity index (χ1) is 7.49. The van der Waals surface area contributed by atoms with Gasteiger partial charge in [-0.3, -0.25) is 0 Å². The van der Waals surface area contributed by atoms with E-state index in [1.165, 1.54) is 19.4 Å². The fourth-order valence-electron chi connectivity index (χ4n) is 5.99. The Labute approximate surface area is 109 Å². The van der Waals surface area contributed by atoms with Crippen LogP contribution in [-0.4, -0.2) is 22.6 Å². The smallest absolute Gasteiger partial charge is 0.0263 e. The molecule has 0 amide bonds. The van der Waals surface area contributed by atoms with Gasteiger partial charge in [0.25, 0.3) is 0 Å². The molecule has 7 atom stereocenters. The summed E-state index contributed by atoms with van der Waals surface area (Å²) in [6, 6.07) is 0.785. The van der Waals surface area contributed by atoms with Crippen molar-refractivity contribution in [3.8, 4) is 0 Å². The highest BCUT2D eigenvalue weighted by molar-refractivity contribution is 7.82. The predicted octanol–water partition coefficient (Wildman–Crippen LogP) is 2.24. The quantitative estimate of drug-likeness (QED) is 0.564. The summed E-state index contributed by atoms with van der Waals surface area (Å²) >= 11 is 10.1. The fourth-order valence-corrected chi connectivity index (χ4v) is 8.11. The lowest BCUT2D eigenvalue weighted by atomic mass is 9.55. The lowest BCUT2D eigenvalue weighted by Gasteiger charge is -2.60. The van der Waals surface area contributed by atoms with Crippen molar-refractivity contribution in [2.75, 3.05) is 6.54 Å². The van der Waals surface area contributed by atoms with Crippen LogP contribution in [0.1, 0.15) is 26.7 Å². The molecule has 0 aromatic carbocycles. The van der Waals surface area contributed by atoms with Gasteiger partial charge in [0.1, 0.15) is 0 Å². The van der Waals surface area contributed by atoms with E-state index in [0.717, 1.165) is 29.7 Å². The van der Waals surface area contributed by atoms with Crippen molar-refractivity contribution in [2.45, 2.75) is 42.7 Å². The Morgan fingerprint density at radius 2 is 2.00 bits per heavy atom. The molecule has 1 nitrogen and oxygen atoms in total. The summed E-state index contributed by atoms with van der Waals surface area (Å²) in [4.78, 5) is 0. The molecule has 0 radical (unpaired) electrons. The molecule has 16 heavy (non-hydrogen) atoms. The van der Waals surface area contributed by atoms with E-state index in [4.69, 9.17) is 25.3 Å². The molecule has 4 rings (SSSR count). The molecule has 4 fully saturated rings. The minimum absolute atomic E-state index is 0.312. The van der Waals surface area contributed by atoms with Crippen molar-refractivity contribution in [2.24, 2.45) is 29.1 Å². The van der Waals surface area contributed by atoms with Gasteiger partial charge in [0.15, 0.2) is 0 Å². The predicted molar refractivity (Wildman–Crippen MR) is 73.3 cm³/mol. The first-order valence-corrected chi connectivity index (χ1v) is 7.59. The van der Waals surface area contributed by atoms with Gasteiger partial charge in [0, 0.05) is 16.0 Å². The Kier molecular flexibility index (Phi) is 1.85. The van der Waals surface area contributed by atoms with Crippen LogP contribution in [0.2, 0.25) is 0 Å². The van der Waals surface area contributed by atoms with Gasteiger partial charge in [-0.05, 0) is 48.5 Å². The summed E-state index contributed by atoms with van der Waals surface area (Å²) in [6.45, 7) is 6.14. The zero-order chi connectivity index (χ0) is 11.3. The molecule has 3 heteroatoms. The van der Waals surface area contributed by atoms with E-state index in [0.29, 0.717) is 15.4 Å². The lowest BCUT2D eigenvalue weighted by Crippen LogP contribution is -2.67. The Balaban J connectivity index is 1.82. The fraction of sp³-hybridized carbons (Fsp3) is 1.00. The van der Waals surface area contributed by atoms with Crippen molar-refractivity contribution in [3.05, 3.63) is 0 Å². The maximum absolute atomic E-state index is 5.19. The van der Waals surface area contributed by atoms with Gasteiger partial charge in [-0.15, -0.1) is 0 Å². The highest BCUT2D eigenvalue weighted by atomic mass is 32.1. The minimum Gasteiger partial charge on any atom is -0.313 e. The van der Waals surface area contributed by atoms with Gasteiger partial charge in [0.2, 0.25) is 0 Å². The van der Waals surface area contributed by atoms with Crippen LogP contribution < -0.4 is 5.32 Å². The lowest BCUT2D eigenvalue weighted by molar-refractivity contribution is 0.0363. The van der Waals surface area contributed by atoms with E-state index in [2.05, 4.69) is 19.2 Å². The number of nitrogens with one attached hydrogen (secondary N) is 1. The van der Waals surface area contributed by atoms with Gasteiger partial charge in [0.05, 0.1) is 0 Å². The Morgan fingerprint density at radius 3 is 2.75 bits per heavy atom. The third kappa shape index (κ3) is 0.852. The van der Waals surface area contributed by atoms with Crippen LogP contribution in [0.15, 0.2) is 0 Å². The molecule has 1 aliphatic heterocycles. The molecule has 1 N–H and O–H groups in total. The molecule has 0 aromatic heterocycles. The number of hydrogen-bond donors (Lipinski definition) is 3. The standard InChI is InChI=1S/C13H21NS2/c1-12(2)7-5-8(15)11(12)13(16)6-3-4-14-10(6)9(7)13/h6-11,14-16H,3-5H2,1-2H3/t6?,7?,8-,9?,10?,11?,13+/m0/s1. The molecular weight excluding hydrogens is 234 g/mol. The van der Waals surface area contributed by atoms with Gasteiger partial charge >= 0.3 is 0 Å². The van der Waals surface area contributed by atoms with Crippen LogP contribution >= 0.6 is 25.3 Å². The second-order valence-electron chi connectivity index (χ2n) is 7.00. The van der Waals surface area contributed by atoms with Crippen LogP contribution in [0.25, 0.3) is 0 Å². The van der Waals surface area contributed by atoms with Crippen molar-refractivity contribution >= 4 is 25.3 Å². The zero-order valence-corrected chi connectivity index (χ0v) is 11.8. The summed E-state index contributed by atoms with van der Waals surface area (Å²) < 4.78 is 0.312. The van der Waals surface area contributed by atoms with E-state index in [-0.39, 0.29) is 0 Å². The SMILES string of the molecule is CC1(C)C2C[C@H](S)C1[C@@]1(S)C3CCNC3C21. The van der Waals surface area contributed by atoms with Gasteiger partial charge in [-0.2, -0.15) is 25.3 Å². The van der Waals surface area contributed by atoms with Crippen LogP contribution in [0.4, 0.5) is 0 Å². The van der Waals surface area contributed by atoms with Crippen molar-refractivity contribution in [1.82, 2.24) is 5.32 Å². The Bertz CT molecular complexity index is 356. The largest absolute Gasteiger partial charge is 0.313 e. The van der Waals surface area contributed by atoms with Crippen LogP contribution in [-0.2, 0) is 0 Å². The third-order valence-electron chi connectivity index (χ3n) is 6.35. The molecule has 2 bridgehead atoms. The van der Waals surface area contributed by atoms with E-state index < -0.39 is 0 Å². The summed E-state index contributed by atoms with van der Waals surface area (Å²) in [5.41, 5.74) is 0.463. The molecule has 1 heterocycles. The van der Waals surface area contributed by atoms with Gasteiger partial charge in [-0.25, -0.2) is 0 Å². The summed E-state index contributed by atoms with van der Waals surface area (Å²) in [7, 11) is 0. The van der Waals surface area contributed by atoms with Gasteiger partial charge < -0.3 is 5.32 Å². The second kappa shape index (κ2) is 2.80. The molecule has 0 aromatic rings. The number of fused-ring (bicyclic) bond motifs is 8. The molecular formula is C13H21NS2. The summed E-state index contributed by atoms with van der Waals surface area (Å²) in [5, 5.41) is 4.31. The Morgan fingerprint density at radius 1 is 1.25 bits per heavy atom. The first kappa shape index (κ1) is 10.6. The van der Waals surface area contributed by atoms with Crippen LogP contribution in [0, 0.1) is 29.1 Å². The van der Waals surface area contributed by atoms with Crippen LogP contribution in [0.3, 0.4) is 0 Å². The van der Waals surface area contributed by atoms with Crippen LogP contribution in [0.5, 0.6) is 0 Å². The molecule has 3 saturated carbocycles. The molecule has 4 aliphatic rings. The maximum Gasteiger partial charge on any atom is 0.0263 e. The highest BCUT2D eigenvalue weighted by Gasteiger charge is 2.78. The van der Waals surface area contributed by atoms with Gasteiger partial charge in [-0.1, -0.05) is 13.8 Å². The topological polar surface area (TPSA) is 12.0 Å². The van der Waals surface area contributed by atoms with Crippen molar-refractivity contribution < 1.29 is 0 Å². The van der Waals surface area contributed by atoms with E-state index in [1.807, 2.05) is 0 Å². The summed E-state index contributed by atoms with van der Waals surface area (Å²) in [5.74, 6) is 3.23. The zero-order valence-electron chi connectivity index (χ0n) is 9.98. The van der Waals surface area contributed by atoms with E-state index in [1.54, 1.807) is 0 Å². The normalized spacial score (nSPS) is 65.2. The molecule has 0 spiro atoms. The molecule has 90 valence electrons. The third-order valence-corrected chi connectivity index (χ3v) is 7.77. The number of rotatable bonds is 0.